The molecule has 0 saturated heterocycles. The van der Waals surface area contributed by atoms with E-state index in [1.54, 1.807) is 12.1 Å². The first-order valence-electron chi connectivity index (χ1n) is 6.06. The third kappa shape index (κ3) is 3.12. The molecule has 1 N–H and O–H groups in total. The molecule has 0 radical (unpaired) electrons. The van der Waals surface area contributed by atoms with Crippen LogP contribution in [0.15, 0.2) is 42.5 Å². The topological polar surface area (TPSA) is 20.2 Å². The Balaban J connectivity index is 2.13. The smallest absolute Gasteiger partial charge is 0.0830 e. The summed E-state index contributed by atoms with van der Waals surface area (Å²) in [7, 11) is 0. The molecule has 0 aliphatic carbocycles. The van der Waals surface area contributed by atoms with Crippen molar-refractivity contribution in [3.63, 3.8) is 0 Å². The second-order valence-electron chi connectivity index (χ2n) is 4.69. The third-order valence-corrected chi connectivity index (χ3v) is 3.51. The summed E-state index contributed by atoms with van der Waals surface area (Å²) in [6.45, 7) is 4.18. The maximum Gasteiger partial charge on any atom is 0.0830 e. The zero-order valence-corrected chi connectivity index (χ0v) is 11.4. The van der Waals surface area contributed by atoms with E-state index in [1.165, 1.54) is 11.1 Å². The lowest BCUT2D eigenvalue weighted by molar-refractivity contribution is 0.178. The van der Waals surface area contributed by atoms with Crippen LogP contribution in [0, 0.1) is 13.8 Å². The third-order valence-electron chi connectivity index (χ3n) is 3.26. The average molecular weight is 261 g/mol. The molecule has 2 aromatic carbocycles. The van der Waals surface area contributed by atoms with Crippen molar-refractivity contribution in [3.05, 3.63) is 69.7 Å². The molecule has 0 aliphatic heterocycles. The van der Waals surface area contributed by atoms with Crippen molar-refractivity contribution in [2.45, 2.75) is 26.4 Å². The van der Waals surface area contributed by atoms with Gasteiger partial charge in [0.15, 0.2) is 0 Å². The van der Waals surface area contributed by atoms with Gasteiger partial charge in [-0.15, -0.1) is 0 Å². The first kappa shape index (κ1) is 13.1. The highest BCUT2D eigenvalue weighted by Crippen LogP contribution is 2.21. The molecular weight excluding hydrogens is 244 g/mol. The summed E-state index contributed by atoms with van der Waals surface area (Å²) in [6.07, 6.45) is 0.146. The molecule has 0 saturated carbocycles. The monoisotopic (exact) mass is 260 g/mol. The number of halogens is 1. The highest BCUT2D eigenvalue weighted by Gasteiger charge is 2.09. The van der Waals surface area contributed by atoms with Gasteiger partial charge in [0.05, 0.1) is 6.10 Å². The zero-order valence-electron chi connectivity index (χ0n) is 10.7. The minimum absolute atomic E-state index is 0.482. The van der Waals surface area contributed by atoms with E-state index in [1.807, 2.05) is 12.1 Å². The second kappa shape index (κ2) is 5.55. The summed E-state index contributed by atoms with van der Waals surface area (Å²) in [6, 6.07) is 13.7. The Morgan fingerprint density at radius 3 is 2.28 bits per heavy atom. The molecule has 1 unspecified atom stereocenters. The van der Waals surface area contributed by atoms with E-state index < -0.39 is 6.10 Å². The van der Waals surface area contributed by atoms with Gasteiger partial charge in [0.25, 0.3) is 0 Å². The van der Waals surface area contributed by atoms with Crippen molar-refractivity contribution in [2.24, 2.45) is 0 Å². The number of aliphatic hydroxyl groups excluding tert-OH is 1. The Labute approximate surface area is 113 Å². The maximum atomic E-state index is 10.2. The number of hydrogen-bond donors (Lipinski definition) is 1. The minimum Gasteiger partial charge on any atom is -0.388 e. The van der Waals surface area contributed by atoms with E-state index in [2.05, 4.69) is 32.0 Å². The van der Waals surface area contributed by atoms with Gasteiger partial charge in [-0.25, -0.2) is 0 Å². The molecule has 0 amide bonds. The molecule has 0 aromatic heterocycles. The van der Waals surface area contributed by atoms with Gasteiger partial charge in [-0.3, -0.25) is 0 Å². The number of rotatable bonds is 3. The number of aryl methyl sites for hydroxylation is 2. The standard InChI is InChI=1S/C16H17ClO/c1-11-3-4-13(9-12(11)2)10-16(18)14-5-7-15(17)8-6-14/h3-9,16,18H,10H2,1-2H3. The van der Waals surface area contributed by atoms with Crippen molar-refractivity contribution in [1.82, 2.24) is 0 Å². The molecule has 0 heterocycles. The maximum absolute atomic E-state index is 10.2. The Morgan fingerprint density at radius 1 is 1.00 bits per heavy atom. The first-order chi connectivity index (χ1) is 8.56. The fraction of sp³-hybridized carbons (Fsp3) is 0.250. The Bertz CT molecular complexity index is 531. The number of hydrogen-bond acceptors (Lipinski definition) is 1. The highest BCUT2D eigenvalue weighted by molar-refractivity contribution is 6.30. The summed E-state index contributed by atoms with van der Waals surface area (Å²) >= 11 is 5.83. The molecule has 2 aromatic rings. The van der Waals surface area contributed by atoms with E-state index in [0.29, 0.717) is 11.4 Å². The zero-order chi connectivity index (χ0) is 13.1. The van der Waals surface area contributed by atoms with Crippen molar-refractivity contribution in [2.75, 3.05) is 0 Å². The lowest BCUT2D eigenvalue weighted by atomic mass is 9.98. The van der Waals surface area contributed by atoms with Crippen molar-refractivity contribution in [3.8, 4) is 0 Å². The van der Waals surface area contributed by atoms with Crippen LogP contribution in [-0.4, -0.2) is 5.11 Å². The molecule has 2 rings (SSSR count). The molecule has 18 heavy (non-hydrogen) atoms. The summed E-state index contributed by atoms with van der Waals surface area (Å²) in [5, 5.41) is 10.9. The average Bonchev–Trinajstić information content (AvgIpc) is 2.34. The largest absolute Gasteiger partial charge is 0.388 e. The van der Waals surface area contributed by atoms with Gasteiger partial charge < -0.3 is 5.11 Å². The number of aliphatic hydroxyl groups is 1. The lowest BCUT2D eigenvalue weighted by Gasteiger charge is -2.12. The van der Waals surface area contributed by atoms with Crippen LogP contribution in [0.4, 0.5) is 0 Å². The van der Waals surface area contributed by atoms with E-state index in [4.69, 9.17) is 11.6 Å². The quantitative estimate of drug-likeness (QED) is 0.876. The molecule has 94 valence electrons. The second-order valence-corrected chi connectivity index (χ2v) is 5.13. The summed E-state index contributed by atoms with van der Waals surface area (Å²) < 4.78 is 0. The minimum atomic E-state index is -0.482. The van der Waals surface area contributed by atoms with Gasteiger partial charge >= 0.3 is 0 Å². The van der Waals surface area contributed by atoms with Gasteiger partial charge in [0.1, 0.15) is 0 Å². The van der Waals surface area contributed by atoms with Crippen LogP contribution in [-0.2, 0) is 6.42 Å². The van der Waals surface area contributed by atoms with E-state index in [9.17, 15) is 5.11 Å². The molecule has 0 bridgehead atoms. The highest BCUT2D eigenvalue weighted by atomic mass is 35.5. The van der Waals surface area contributed by atoms with Crippen LogP contribution in [0.2, 0.25) is 5.02 Å². The first-order valence-corrected chi connectivity index (χ1v) is 6.44. The molecule has 0 fully saturated rings. The normalized spacial score (nSPS) is 12.4. The van der Waals surface area contributed by atoms with Crippen molar-refractivity contribution >= 4 is 11.6 Å². The molecule has 2 heteroatoms. The van der Waals surface area contributed by atoms with Crippen LogP contribution < -0.4 is 0 Å². The molecule has 1 atom stereocenters. The molecule has 0 spiro atoms. The molecule has 1 nitrogen and oxygen atoms in total. The van der Waals surface area contributed by atoms with Gasteiger partial charge in [0, 0.05) is 11.4 Å². The Hall–Kier alpha value is -1.31. The van der Waals surface area contributed by atoms with Gasteiger partial charge in [-0.2, -0.15) is 0 Å². The van der Waals surface area contributed by atoms with Gasteiger partial charge in [-0.05, 0) is 48.2 Å². The number of benzene rings is 2. The predicted octanol–water partition coefficient (Wildman–Crippen LogP) is 4.23. The lowest BCUT2D eigenvalue weighted by Crippen LogP contribution is -2.02. The molecule has 0 aliphatic rings. The fourth-order valence-corrected chi connectivity index (χ4v) is 2.08. The molecular formula is C16H17ClO. The van der Waals surface area contributed by atoms with E-state index in [0.717, 1.165) is 11.1 Å². The Morgan fingerprint density at radius 2 is 1.67 bits per heavy atom. The van der Waals surface area contributed by atoms with Crippen LogP contribution in [0.1, 0.15) is 28.4 Å². The van der Waals surface area contributed by atoms with Gasteiger partial charge in [-0.1, -0.05) is 41.9 Å². The summed E-state index contributed by atoms with van der Waals surface area (Å²) in [5.74, 6) is 0. The predicted molar refractivity (Wildman–Crippen MR) is 76.0 cm³/mol. The fourth-order valence-electron chi connectivity index (χ4n) is 1.96. The van der Waals surface area contributed by atoms with Crippen molar-refractivity contribution in [1.29, 1.82) is 0 Å². The summed E-state index contributed by atoms with van der Waals surface area (Å²) in [5.41, 5.74) is 4.59. The van der Waals surface area contributed by atoms with Crippen LogP contribution in [0.5, 0.6) is 0 Å². The Kier molecular flexibility index (Phi) is 4.05. The van der Waals surface area contributed by atoms with E-state index in [-0.39, 0.29) is 0 Å². The van der Waals surface area contributed by atoms with Gasteiger partial charge in [0.2, 0.25) is 0 Å². The van der Waals surface area contributed by atoms with Crippen LogP contribution in [0.3, 0.4) is 0 Å². The SMILES string of the molecule is Cc1ccc(CC(O)c2ccc(Cl)cc2)cc1C. The van der Waals surface area contributed by atoms with Crippen LogP contribution in [0.25, 0.3) is 0 Å². The van der Waals surface area contributed by atoms with Crippen LogP contribution >= 0.6 is 11.6 Å². The van der Waals surface area contributed by atoms with Crippen molar-refractivity contribution < 1.29 is 5.11 Å². The van der Waals surface area contributed by atoms with E-state index >= 15 is 0 Å². The summed E-state index contributed by atoms with van der Waals surface area (Å²) in [4.78, 5) is 0.